The van der Waals surface area contributed by atoms with Crippen LogP contribution in [0.3, 0.4) is 0 Å². The highest BCUT2D eigenvalue weighted by molar-refractivity contribution is 5.80. The van der Waals surface area contributed by atoms with E-state index in [9.17, 15) is 5.11 Å². The monoisotopic (exact) mass is 259 g/mol. The predicted octanol–water partition coefficient (Wildman–Crippen LogP) is 2.17. The number of benzene rings is 1. The summed E-state index contributed by atoms with van der Waals surface area (Å²) in [5.74, 6) is 1.14. The van der Waals surface area contributed by atoms with Crippen molar-refractivity contribution in [2.45, 2.75) is 32.4 Å². The summed E-state index contributed by atoms with van der Waals surface area (Å²) in [5, 5.41) is 15.9. The number of aromatic hydroxyl groups is 1. The summed E-state index contributed by atoms with van der Waals surface area (Å²) in [5.41, 5.74) is 1.08. The van der Waals surface area contributed by atoms with Gasteiger partial charge in [-0.1, -0.05) is 24.3 Å². The van der Waals surface area contributed by atoms with Gasteiger partial charge in [-0.3, -0.25) is 0 Å². The lowest BCUT2D eigenvalue weighted by atomic mass is 10.2. The van der Waals surface area contributed by atoms with Gasteiger partial charge < -0.3 is 15.7 Å². The molecular weight excluding hydrogens is 238 g/mol. The summed E-state index contributed by atoms with van der Waals surface area (Å²) in [6.45, 7) is 3.52. The highest BCUT2D eigenvalue weighted by atomic mass is 16.3. The summed E-state index contributed by atoms with van der Waals surface area (Å²) in [6.07, 6.45) is 6.51. The van der Waals surface area contributed by atoms with Crippen LogP contribution in [0.4, 0.5) is 0 Å². The molecule has 1 aromatic carbocycles. The van der Waals surface area contributed by atoms with Crippen LogP contribution in [-0.4, -0.2) is 23.7 Å². The average molecular weight is 259 g/mol. The van der Waals surface area contributed by atoms with Crippen molar-refractivity contribution in [3.05, 3.63) is 42.0 Å². The van der Waals surface area contributed by atoms with Gasteiger partial charge in [0.25, 0.3) is 0 Å². The molecule has 1 aromatic rings. The van der Waals surface area contributed by atoms with Gasteiger partial charge in [0.05, 0.1) is 6.54 Å². The van der Waals surface area contributed by atoms with Crippen molar-refractivity contribution in [1.29, 1.82) is 0 Å². The normalized spacial score (nSPS) is 15.7. The molecule has 0 amide bonds. The van der Waals surface area contributed by atoms with Crippen molar-refractivity contribution >= 4 is 5.96 Å². The van der Waals surface area contributed by atoms with E-state index in [2.05, 4.69) is 34.7 Å². The van der Waals surface area contributed by atoms with Crippen LogP contribution in [0, 0.1) is 0 Å². The van der Waals surface area contributed by atoms with Crippen molar-refractivity contribution in [2.24, 2.45) is 4.99 Å². The van der Waals surface area contributed by atoms with Gasteiger partial charge in [0.15, 0.2) is 5.96 Å². The third-order valence-electron chi connectivity index (χ3n) is 3.05. The van der Waals surface area contributed by atoms with E-state index < -0.39 is 0 Å². The van der Waals surface area contributed by atoms with Gasteiger partial charge in [0, 0.05) is 12.6 Å². The second kappa shape index (κ2) is 6.83. The van der Waals surface area contributed by atoms with Crippen molar-refractivity contribution in [2.75, 3.05) is 6.54 Å². The van der Waals surface area contributed by atoms with Crippen LogP contribution in [-0.2, 0) is 6.54 Å². The van der Waals surface area contributed by atoms with Gasteiger partial charge in [-0.05, 0) is 37.5 Å². The quantitative estimate of drug-likeness (QED) is 0.441. The molecule has 4 nitrogen and oxygen atoms in total. The van der Waals surface area contributed by atoms with Gasteiger partial charge in [-0.2, -0.15) is 0 Å². The molecule has 0 saturated heterocycles. The molecule has 4 heteroatoms. The number of hydrogen-bond acceptors (Lipinski definition) is 2. The van der Waals surface area contributed by atoms with E-state index in [1.807, 2.05) is 12.1 Å². The molecule has 0 bridgehead atoms. The Morgan fingerprint density at radius 1 is 1.26 bits per heavy atom. The SMILES string of the molecule is CCNC(=NCc1ccc(O)cc1)NC1CC=CC1. The molecule has 0 unspecified atom stereocenters. The van der Waals surface area contributed by atoms with E-state index in [1.165, 1.54) is 0 Å². The van der Waals surface area contributed by atoms with Gasteiger partial charge in [-0.25, -0.2) is 4.99 Å². The Morgan fingerprint density at radius 3 is 2.58 bits per heavy atom. The maximum Gasteiger partial charge on any atom is 0.191 e. The number of guanidine groups is 1. The average Bonchev–Trinajstić information content (AvgIpc) is 2.91. The second-order valence-electron chi connectivity index (χ2n) is 4.65. The zero-order valence-electron chi connectivity index (χ0n) is 11.3. The minimum Gasteiger partial charge on any atom is -0.508 e. The fraction of sp³-hybridized carbons (Fsp3) is 0.400. The number of rotatable bonds is 4. The van der Waals surface area contributed by atoms with Crippen LogP contribution >= 0.6 is 0 Å². The highest BCUT2D eigenvalue weighted by Crippen LogP contribution is 2.11. The molecule has 1 aliphatic carbocycles. The molecule has 2 rings (SSSR count). The van der Waals surface area contributed by atoms with Crippen LogP contribution in [0.1, 0.15) is 25.3 Å². The lowest BCUT2D eigenvalue weighted by Crippen LogP contribution is -2.42. The van der Waals surface area contributed by atoms with Gasteiger partial charge >= 0.3 is 0 Å². The third-order valence-corrected chi connectivity index (χ3v) is 3.05. The molecule has 1 aliphatic rings. The minimum absolute atomic E-state index is 0.287. The number of phenols is 1. The Labute approximate surface area is 114 Å². The Bertz CT molecular complexity index is 443. The zero-order chi connectivity index (χ0) is 13.5. The molecule has 102 valence electrons. The van der Waals surface area contributed by atoms with Crippen LogP contribution in [0.2, 0.25) is 0 Å². The van der Waals surface area contributed by atoms with Gasteiger partial charge in [0.1, 0.15) is 5.75 Å². The lowest BCUT2D eigenvalue weighted by Gasteiger charge is -2.16. The van der Waals surface area contributed by atoms with Crippen molar-refractivity contribution < 1.29 is 5.11 Å². The standard InChI is InChI=1S/C15H21N3O/c1-2-16-15(18-13-5-3-4-6-13)17-11-12-7-9-14(19)10-8-12/h3-4,7-10,13,19H,2,5-6,11H2,1H3,(H2,16,17,18). The number of hydrogen-bond donors (Lipinski definition) is 3. The first-order valence-corrected chi connectivity index (χ1v) is 6.75. The van der Waals surface area contributed by atoms with Crippen LogP contribution in [0.15, 0.2) is 41.4 Å². The molecule has 0 atom stereocenters. The maximum absolute atomic E-state index is 9.24. The molecular formula is C15H21N3O. The molecule has 0 spiro atoms. The summed E-state index contributed by atoms with van der Waals surface area (Å²) >= 11 is 0. The van der Waals surface area contributed by atoms with Crippen molar-refractivity contribution in [3.8, 4) is 5.75 Å². The third kappa shape index (κ3) is 4.32. The fourth-order valence-electron chi connectivity index (χ4n) is 2.02. The van der Waals surface area contributed by atoms with Crippen LogP contribution in [0.25, 0.3) is 0 Å². The first kappa shape index (κ1) is 13.5. The Hall–Kier alpha value is -1.97. The number of nitrogens with one attached hydrogen (secondary N) is 2. The first-order valence-electron chi connectivity index (χ1n) is 6.75. The molecule has 0 radical (unpaired) electrons. The molecule has 0 saturated carbocycles. The van der Waals surface area contributed by atoms with Gasteiger partial charge in [0.2, 0.25) is 0 Å². The van der Waals surface area contributed by atoms with Crippen LogP contribution < -0.4 is 10.6 Å². The van der Waals surface area contributed by atoms with E-state index in [0.717, 1.165) is 30.9 Å². The molecule has 3 N–H and O–H groups in total. The summed E-state index contributed by atoms with van der Waals surface area (Å²) < 4.78 is 0. The highest BCUT2D eigenvalue weighted by Gasteiger charge is 2.11. The van der Waals surface area contributed by atoms with E-state index in [0.29, 0.717) is 12.6 Å². The summed E-state index contributed by atoms with van der Waals surface area (Å²) in [4.78, 5) is 4.56. The summed E-state index contributed by atoms with van der Waals surface area (Å²) in [7, 11) is 0. The summed E-state index contributed by atoms with van der Waals surface area (Å²) in [6, 6.07) is 7.61. The second-order valence-corrected chi connectivity index (χ2v) is 4.65. The van der Waals surface area contributed by atoms with E-state index >= 15 is 0 Å². The van der Waals surface area contributed by atoms with Crippen molar-refractivity contribution in [1.82, 2.24) is 10.6 Å². The molecule has 0 heterocycles. The molecule has 0 fully saturated rings. The maximum atomic E-state index is 9.24. The Morgan fingerprint density at radius 2 is 1.95 bits per heavy atom. The van der Waals surface area contributed by atoms with E-state index in [1.54, 1.807) is 12.1 Å². The fourth-order valence-corrected chi connectivity index (χ4v) is 2.02. The number of nitrogens with zero attached hydrogens (tertiary/aromatic N) is 1. The first-order chi connectivity index (χ1) is 9.28. The Balaban J connectivity index is 1.93. The number of phenolic OH excluding ortho intramolecular Hbond substituents is 1. The number of aliphatic imine (C=N–C) groups is 1. The van der Waals surface area contributed by atoms with Crippen molar-refractivity contribution in [3.63, 3.8) is 0 Å². The topological polar surface area (TPSA) is 56.7 Å². The lowest BCUT2D eigenvalue weighted by molar-refractivity contribution is 0.475. The van der Waals surface area contributed by atoms with E-state index in [4.69, 9.17) is 0 Å². The minimum atomic E-state index is 0.287. The predicted molar refractivity (Wildman–Crippen MR) is 78.2 cm³/mol. The molecule has 0 aliphatic heterocycles. The molecule has 19 heavy (non-hydrogen) atoms. The van der Waals surface area contributed by atoms with Crippen LogP contribution in [0.5, 0.6) is 5.75 Å². The van der Waals surface area contributed by atoms with E-state index in [-0.39, 0.29) is 5.75 Å². The Kier molecular flexibility index (Phi) is 4.84. The zero-order valence-corrected chi connectivity index (χ0v) is 11.3. The molecule has 0 aromatic heterocycles. The largest absolute Gasteiger partial charge is 0.508 e. The smallest absolute Gasteiger partial charge is 0.191 e. The van der Waals surface area contributed by atoms with Gasteiger partial charge in [-0.15, -0.1) is 0 Å².